The molecule has 0 aliphatic heterocycles. The lowest BCUT2D eigenvalue weighted by Gasteiger charge is -2.08. The molecule has 0 saturated heterocycles. The van der Waals surface area contributed by atoms with Crippen LogP contribution in [0.15, 0.2) is 18.3 Å². The molecule has 0 amide bonds. The highest BCUT2D eigenvalue weighted by Crippen LogP contribution is 2.16. The predicted molar refractivity (Wildman–Crippen MR) is 48.4 cm³/mol. The summed E-state index contributed by atoms with van der Waals surface area (Å²) in [6.07, 6.45) is 1.39. The van der Waals surface area contributed by atoms with Gasteiger partial charge in [0.1, 0.15) is 5.15 Å². The Morgan fingerprint density at radius 1 is 1.77 bits per heavy atom. The van der Waals surface area contributed by atoms with Crippen molar-refractivity contribution < 1.29 is 9.90 Å². The Kier molecular flexibility index (Phi) is 3.22. The fourth-order valence-electron chi connectivity index (χ4n) is 0.954. The summed E-state index contributed by atoms with van der Waals surface area (Å²) >= 11 is 5.61. The lowest BCUT2D eigenvalue weighted by molar-refractivity contribution is -0.137. The molecule has 0 bridgehead atoms. The van der Waals surface area contributed by atoms with Crippen molar-refractivity contribution in [1.29, 1.82) is 0 Å². The fraction of sp³-hybridized carbons (Fsp3) is 0.250. The summed E-state index contributed by atoms with van der Waals surface area (Å²) in [5.41, 5.74) is 6.28. The van der Waals surface area contributed by atoms with E-state index in [4.69, 9.17) is 22.4 Å². The van der Waals surface area contributed by atoms with Crippen LogP contribution in [0.3, 0.4) is 0 Å². The SMILES string of the molecule is N[C@@H](CC(=O)O)c1ccnc(Cl)c1. The Balaban J connectivity index is 2.76. The van der Waals surface area contributed by atoms with Gasteiger partial charge in [-0.05, 0) is 17.7 Å². The van der Waals surface area contributed by atoms with Crippen molar-refractivity contribution in [3.63, 3.8) is 0 Å². The molecule has 3 N–H and O–H groups in total. The van der Waals surface area contributed by atoms with E-state index in [2.05, 4.69) is 4.98 Å². The molecule has 1 rings (SSSR count). The predicted octanol–water partition coefficient (Wildman–Crippen LogP) is 1.21. The second-order valence-electron chi connectivity index (χ2n) is 2.62. The van der Waals surface area contributed by atoms with Crippen LogP contribution < -0.4 is 5.73 Å². The molecule has 0 aromatic carbocycles. The molecule has 1 atom stereocenters. The number of aliphatic carboxylic acids is 1. The van der Waals surface area contributed by atoms with Gasteiger partial charge in [-0.25, -0.2) is 4.98 Å². The first-order chi connectivity index (χ1) is 6.09. The Bertz CT molecular complexity index is 317. The average molecular weight is 201 g/mol. The van der Waals surface area contributed by atoms with E-state index in [1.165, 1.54) is 6.20 Å². The molecular formula is C8H9ClN2O2. The zero-order valence-corrected chi connectivity index (χ0v) is 7.53. The van der Waals surface area contributed by atoms with E-state index in [1.54, 1.807) is 12.1 Å². The summed E-state index contributed by atoms with van der Waals surface area (Å²) in [7, 11) is 0. The fourth-order valence-corrected chi connectivity index (χ4v) is 1.14. The molecule has 0 unspecified atom stereocenters. The summed E-state index contributed by atoms with van der Waals surface area (Å²) in [5.74, 6) is -0.930. The lowest BCUT2D eigenvalue weighted by Crippen LogP contribution is -2.14. The smallest absolute Gasteiger partial charge is 0.305 e. The molecule has 0 radical (unpaired) electrons. The molecule has 0 saturated carbocycles. The molecular weight excluding hydrogens is 192 g/mol. The molecule has 0 fully saturated rings. The van der Waals surface area contributed by atoms with Gasteiger partial charge in [0.25, 0.3) is 0 Å². The number of rotatable bonds is 3. The van der Waals surface area contributed by atoms with Gasteiger partial charge in [-0.2, -0.15) is 0 Å². The minimum Gasteiger partial charge on any atom is -0.481 e. The topological polar surface area (TPSA) is 76.2 Å². The number of halogens is 1. The van der Waals surface area contributed by atoms with Crippen molar-refractivity contribution in [3.8, 4) is 0 Å². The van der Waals surface area contributed by atoms with Gasteiger partial charge in [0, 0.05) is 12.2 Å². The first-order valence-electron chi connectivity index (χ1n) is 3.68. The summed E-state index contributed by atoms with van der Waals surface area (Å²) in [6, 6.07) is 2.69. The lowest BCUT2D eigenvalue weighted by atomic mass is 10.1. The third-order valence-electron chi connectivity index (χ3n) is 1.57. The minimum atomic E-state index is -0.930. The van der Waals surface area contributed by atoms with Gasteiger partial charge in [-0.15, -0.1) is 0 Å². The van der Waals surface area contributed by atoms with Crippen LogP contribution in [0.2, 0.25) is 5.15 Å². The number of aromatic nitrogens is 1. The average Bonchev–Trinajstić information content (AvgIpc) is 2.03. The summed E-state index contributed by atoms with van der Waals surface area (Å²) < 4.78 is 0. The number of carbonyl (C=O) groups is 1. The molecule has 13 heavy (non-hydrogen) atoms. The van der Waals surface area contributed by atoms with E-state index in [0.717, 1.165) is 0 Å². The Labute approximate surface area is 80.3 Å². The largest absolute Gasteiger partial charge is 0.481 e. The molecule has 1 aromatic heterocycles. The first-order valence-corrected chi connectivity index (χ1v) is 4.06. The highest BCUT2D eigenvalue weighted by molar-refractivity contribution is 6.29. The molecule has 0 aliphatic rings. The first kappa shape index (κ1) is 9.95. The number of nitrogens with two attached hydrogens (primary N) is 1. The van der Waals surface area contributed by atoms with Crippen molar-refractivity contribution in [2.75, 3.05) is 0 Å². The third-order valence-corrected chi connectivity index (χ3v) is 1.78. The summed E-state index contributed by atoms with van der Waals surface area (Å²) in [5, 5.41) is 8.80. The van der Waals surface area contributed by atoms with E-state index in [0.29, 0.717) is 10.7 Å². The van der Waals surface area contributed by atoms with Crippen LogP contribution in [-0.2, 0) is 4.79 Å². The molecule has 1 aromatic rings. The zero-order chi connectivity index (χ0) is 9.84. The van der Waals surface area contributed by atoms with Crippen molar-refractivity contribution in [2.45, 2.75) is 12.5 Å². The molecule has 70 valence electrons. The van der Waals surface area contributed by atoms with Gasteiger partial charge in [0.2, 0.25) is 0 Å². The van der Waals surface area contributed by atoms with Crippen LogP contribution in [0.1, 0.15) is 18.0 Å². The second-order valence-corrected chi connectivity index (χ2v) is 3.00. The van der Waals surface area contributed by atoms with Crippen molar-refractivity contribution in [3.05, 3.63) is 29.0 Å². The van der Waals surface area contributed by atoms with Gasteiger partial charge >= 0.3 is 5.97 Å². The maximum absolute atomic E-state index is 10.3. The Hall–Kier alpha value is -1.13. The number of nitrogens with zero attached hydrogens (tertiary/aromatic N) is 1. The van der Waals surface area contributed by atoms with E-state index in [9.17, 15) is 4.79 Å². The van der Waals surface area contributed by atoms with Gasteiger partial charge in [-0.1, -0.05) is 11.6 Å². The number of carboxylic acid groups (broad SMARTS) is 1. The third kappa shape index (κ3) is 3.01. The van der Waals surface area contributed by atoms with Gasteiger partial charge < -0.3 is 10.8 Å². The minimum absolute atomic E-state index is 0.111. The van der Waals surface area contributed by atoms with Gasteiger partial charge in [0.05, 0.1) is 6.42 Å². The van der Waals surface area contributed by atoms with Crippen LogP contribution in [0.5, 0.6) is 0 Å². The van der Waals surface area contributed by atoms with Crippen LogP contribution in [0, 0.1) is 0 Å². The van der Waals surface area contributed by atoms with Crippen LogP contribution in [-0.4, -0.2) is 16.1 Å². The van der Waals surface area contributed by atoms with Crippen LogP contribution in [0.25, 0.3) is 0 Å². The number of hydrogen-bond donors (Lipinski definition) is 2. The Morgan fingerprint density at radius 3 is 3.00 bits per heavy atom. The number of hydrogen-bond acceptors (Lipinski definition) is 3. The Morgan fingerprint density at radius 2 is 2.46 bits per heavy atom. The highest BCUT2D eigenvalue weighted by atomic mass is 35.5. The highest BCUT2D eigenvalue weighted by Gasteiger charge is 2.10. The van der Waals surface area contributed by atoms with Crippen LogP contribution >= 0.6 is 11.6 Å². The molecule has 5 heteroatoms. The normalized spacial score (nSPS) is 12.5. The van der Waals surface area contributed by atoms with Crippen molar-refractivity contribution >= 4 is 17.6 Å². The molecule has 1 heterocycles. The summed E-state index contributed by atoms with van der Waals surface area (Å²) in [4.78, 5) is 14.1. The zero-order valence-electron chi connectivity index (χ0n) is 6.77. The molecule has 4 nitrogen and oxygen atoms in total. The molecule has 0 aliphatic carbocycles. The van der Waals surface area contributed by atoms with E-state index >= 15 is 0 Å². The maximum atomic E-state index is 10.3. The number of carboxylic acids is 1. The van der Waals surface area contributed by atoms with Gasteiger partial charge in [-0.3, -0.25) is 4.79 Å². The van der Waals surface area contributed by atoms with E-state index < -0.39 is 12.0 Å². The quantitative estimate of drug-likeness (QED) is 0.720. The monoisotopic (exact) mass is 200 g/mol. The number of pyridine rings is 1. The maximum Gasteiger partial charge on any atom is 0.305 e. The van der Waals surface area contributed by atoms with Crippen molar-refractivity contribution in [1.82, 2.24) is 4.98 Å². The molecule has 0 spiro atoms. The standard InChI is InChI=1S/C8H9ClN2O2/c9-7-3-5(1-2-11-7)6(10)4-8(12)13/h1-3,6H,4,10H2,(H,12,13)/t6-/m0/s1. The van der Waals surface area contributed by atoms with Crippen LogP contribution in [0.4, 0.5) is 0 Å². The summed E-state index contributed by atoms with van der Waals surface area (Å²) in [6.45, 7) is 0. The second kappa shape index (κ2) is 4.20. The van der Waals surface area contributed by atoms with E-state index in [-0.39, 0.29) is 6.42 Å². The van der Waals surface area contributed by atoms with Crippen molar-refractivity contribution in [2.24, 2.45) is 5.73 Å². The van der Waals surface area contributed by atoms with Gasteiger partial charge in [0.15, 0.2) is 0 Å². The van der Waals surface area contributed by atoms with E-state index in [1.807, 2.05) is 0 Å².